The number of H-pyrrole nitrogens is 3. The number of rotatable bonds is 0. The summed E-state index contributed by atoms with van der Waals surface area (Å²) >= 11 is 14.2. The van der Waals surface area contributed by atoms with Crippen molar-refractivity contribution in [2.45, 2.75) is 0 Å². The lowest BCUT2D eigenvalue weighted by Gasteiger charge is -1.84. The van der Waals surface area contributed by atoms with Crippen molar-refractivity contribution < 1.29 is 49.3 Å². The molecule has 0 atom stereocenters. The summed E-state index contributed by atoms with van der Waals surface area (Å²) in [7, 11) is 0. The molecule has 0 amide bonds. The quantitative estimate of drug-likeness (QED) is 0.389. The summed E-state index contributed by atoms with van der Waals surface area (Å²) in [6.45, 7) is 0. The first kappa shape index (κ1) is 66.7. The van der Waals surface area contributed by atoms with Crippen molar-refractivity contribution >= 4 is 36.7 Å². The molecule has 0 aromatic carbocycles. The fraction of sp³-hybridized carbons (Fsp3) is 0. The van der Waals surface area contributed by atoms with Crippen molar-refractivity contribution in [2.24, 2.45) is 0 Å². The summed E-state index contributed by atoms with van der Waals surface area (Å²) < 4.78 is 1.34. The Balaban J connectivity index is -0.0000000129. The number of aromatic amines is 3. The van der Waals surface area contributed by atoms with Crippen LogP contribution in [0.3, 0.4) is 0 Å². The second-order valence-corrected chi connectivity index (χ2v) is 2.59. The second-order valence-electron chi connectivity index (χ2n) is 1.36. The van der Waals surface area contributed by atoms with E-state index in [9.17, 15) is 0 Å². The Morgan fingerprint density at radius 2 is 0.500 bits per heavy atom. The van der Waals surface area contributed by atoms with Crippen LogP contribution in [0.4, 0.5) is 0 Å². The molecule has 0 aliphatic carbocycles. The number of hydrogen-bond donors (Lipinski definition) is 3. The van der Waals surface area contributed by atoms with Gasteiger partial charge in [0, 0.05) is 0 Å². The van der Waals surface area contributed by atoms with E-state index < -0.39 is 0 Å². The van der Waals surface area contributed by atoms with Gasteiger partial charge in [0.1, 0.15) is 0 Å². The number of nitrogens with one attached hydrogen (secondary N) is 3. The topological polar surface area (TPSA) is 331 Å². The minimum absolute atomic E-state index is 0. The fourth-order valence-corrected chi connectivity index (χ4v) is 1.21. The van der Waals surface area contributed by atoms with E-state index in [0.29, 0.717) is 14.3 Å². The predicted molar refractivity (Wildman–Crippen MR) is 74.5 cm³/mol. The predicted octanol–water partition coefficient (Wildman–Crippen LogP) is -5.56. The molecular formula is C3H21N3O9S3. The fourth-order valence-electron chi connectivity index (χ4n) is 0.403. The molecular weight excluding hydrogens is 318 g/mol. The minimum Gasteiger partial charge on any atom is -0.412 e. The number of hydrogen-bond acceptors (Lipinski definition) is 3. The first-order chi connectivity index (χ1) is 4.18. The van der Waals surface area contributed by atoms with Gasteiger partial charge in [-0.1, -0.05) is 0 Å². The maximum atomic E-state index is 4.72. The molecule has 1 aromatic rings. The lowest BCUT2D eigenvalue weighted by Crippen LogP contribution is -1.86. The van der Waals surface area contributed by atoms with E-state index in [-0.39, 0.29) is 49.3 Å². The molecule has 0 aliphatic rings. The standard InChI is InChI=1S/C3H3N3S3.9H2O/c7-1-4-2(8)6-3(9)5-1;;;;;;;;;/h(H3,4,5,6,7,8,9);9*1H2. The van der Waals surface area contributed by atoms with Crippen molar-refractivity contribution in [1.29, 1.82) is 0 Å². The van der Waals surface area contributed by atoms with E-state index in [1.165, 1.54) is 0 Å². The highest BCUT2D eigenvalue weighted by atomic mass is 32.1. The summed E-state index contributed by atoms with van der Waals surface area (Å²) in [6, 6.07) is 0. The van der Waals surface area contributed by atoms with Gasteiger partial charge < -0.3 is 64.2 Å². The lowest BCUT2D eigenvalue weighted by molar-refractivity contribution is 0.823. The molecule has 18 heavy (non-hydrogen) atoms. The molecule has 0 unspecified atom stereocenters. The van der Waals surface area contributed by atoms with Gasteiger partial charge in [-0.25, -0.2) is 0 Å². The minimum atomic E-state index is 0. The average molecular weight is 339 g/mol. The smallest absolute Gasteiger partial charge is 0.178 e. The monoisotopic (exact) mass is 339 g/mol. The molecule has 0 radical (unpaired) electrons. The Labute approximate surface area is 115 Å². The van der Waals surface area contributed by atoms with Crippen LogP contribution in [0.15, 0.2) is 0 Å². The molecule has 120 valence electrons. The van der Waals surface area contributed by atoms with E-state index in [2.05, 4.69) is 15.0 Å². The lowest BCUT2D eigenvalue weighted by atomic mass is 11.1. The van der Waals surface area contributed by atoms with Crippen molar-refractivity contribution in [1.82, 2.24) is 15.0 Å². The van der Waals surface area contributed by atoms with Crippen LogP contribution < -0.4 is 0 Å². The third kappa shape index (κ3) is 24.5. The normalized spacial score (nSPS) is 4.67. The van der Waals surface area contributed by atoms with Gasteiger partial charge in [-0.2, -0.15) is 0 Å². The molecule has 0 bridgehead atoms. The molecule has 15 heteroatoms. The van der Waals surface area contributed by atoms with Gasteiger partial charge in [0.05, 0.1) is 0 Å². The van der Waals surface area contributed by atoms with Crippen LogP contribution in [0.2, 0.25) is 0 Å². The van der Waals surface area contributed by atoms with Gasteiger partial charge in [0.25, 0.3) is 0 Å². The summed E-state index contributed by atoms with van der Waals surface area (Å²) in [6.07, 6.45) is 0. The van der Waals surface area contributed by atoms with E-state index in [1.807, 2.05) is 0 Å². The van der Waals surface area contributed by atoms with Gasteiger partial charge in [-0.3, -0.25) is 0 Å². The third-order valence-electron chi connectivity index (χ3n) is 0.681. The molecule has 0 aliphatic heterocycles. The van der Waals surface area contributed by atoms with Crippen molar-refractivity contribution in [3.05, 3.63) is 14.3 Å². The zero-order valence-corrected chi connectivity index (χ0v) is 11.2. The van der Waals surface area contributed by atoms with Crippen molar-refractivity contribution in [3.63, 3.8) is 0 Å². The van der Waals surface area contributed by atoms with Gasteiger partial charge in [0.2, 0.25) is 0 Å². The Hall–Kier alpha value is -0.690. The van der Waals surface area contributed by atoms with Gasteiger partial charge in [-0.05, 0) is 36.7 Å². The zero-order chi connectivity index (χ0) is 6.85. The molecule has 0 saturated carbocycles. The highest BCUT2D eigenvalue weighted by Gasteiger charge is 1.76. The number of aromatic nitrogens is 3. The SMILES string of the molecule is O.O.O.O.O.O.O.O.O.S=c1[nH]c(=S)[nH]c(=S)[nH]1. The molecule has 21 N–H and O–H groups in total. The molecule has 12 nitrogen and oxygen atoms in total. The Bertz CT molecular complexity index is 295. The maximum absolute atomic E-state index is 4.72. The zero-order valence-electron chi connectivity index (χ0n) is 8.72. The van der Waals surface area contributed by atoms with Crippen LogP contribution in [-0.4, -0.2) is 64.2 Å². The van der Waals surface area contributed by atoms with Crippen LogP contribution >= 0.6 is 36.7 Å². The summed E-state index contributed by atoms with van der Waals surface area (Å²) in [5, 5.41) is 0. The van der Waals surface area contributed by atoms with Crippen LogP contribution in [-0.2, 0) is 0 Å². The Morgan fingerprint density at radius 1 is 0.389 bits per heavy atom. The summed E-state index contributed by atoms with van der Waals surface area (Å²) in [5.74, 6) is 0. The second kappa shape index (κ2) is 29.9. The molecule has 1 heterocycles. The Kier molecular flexibility index (Phi) is 111. The van der Waals surface area contributed by atoms with Gasteiger partial charge in [0.15, 0.2) is 14.3 Å². The third-order valence-corrected chi connectivity index (χ3v) is 1.29. The van der Waals surface area contributed by atoms with Crippen molar-refractivity contribution in [2.75, 3.05) is 0 Å². The molecule has 0 fully saturated rings. The van der Waals surface area contributed by atoms with Crippen LogP contribution in [0, 0.1) is 14.3 Å². The Morgan fingerprint density at radius 3 is 0.611 bits per heavy atom. The largest absolute Gasteiger partial charge is 0.412 e. The van der Waals surface area contributed by atoms with Gasteiger partial charge >= 0.3 is 0 Å². The van der Waals surface area contributed by atoms with E-state index in [0.717, 1.165) is 0 Å². The molecule has 0 spiro atoms. The summed E-state index contributed by atoms with van der Waals surface area (Å²) in [4.78, 5) is 7.99. The highest BCUT2D eigenvalue weighted by Crippen LogP contribution is 1.79. The molecule has 0 saturated heterocycles. The maximum Gasteiger partial charge on any atom is 0.178 e. The molecule has 1 rings (SSSR count). The van der Waals surface area contributed by atoms with E-state index in [1.54, 1.807) is 0 Å². The van der Waals surface area contributed by atoms with Crippen LogP contribution in [0.5, 0.6) is 0 Å². The highest BCUT2D eigenvalue weighted by molar-refractivity contribution is 7.72. The van der Waals surface area contributed by atoms with Crippen molar-refractivity contribution in [3.8, 4) is 0 Å². The van der Waals surface area contributed by atoms with E-state index in [4.69, 9.17) is 36.7 Å². The first-order valence-corrected chi connectivity index (χ1v) is 3.34. The van der Waals surface area contributed by atoms with E-state index >= 15 is 0 Å². The first-order valence-electron chi connectivity index (χ1n) is 2.11. The van der Waals surface area contributed by atoms with Crippen LogP contribution in [0.1, 0.15) is 0 Å². The van der Waals surface area contributed by atoms with Gasteiger partial charge in [-0.15, -0.1) is 0 Å². The van der Waals surface area contributed by atoms with Crippen LogP contribution in [0.25, 0.3) is 0 Å². The molecule has 1 aromatic heterocycles. The average Bonchev–Trinajstić information content (AvgIpc) is 1.59. The summed E-state index contributed by atoms with van der Waals surface area (Å²) in [5.41, 5.74) is 0.